The summed E-state index contributed by atoms with van der Waals surface area (Å²) < 4.78 is 5.39. The lowest BCUT2D eigenvalue weighted by Gasteiger charge is -2.31. The number of hydrogen-bond donors (Lipinski definition) is 0. The predicted octanol–water partition coefficient (Wildman–Crippen LogP) is 4.51. The van der Waals surface area contributed by atoms with Gasteiger partial charge in [-0.25, -0.2) is 0 Å². The Kier molecular flexibility index (Phi) is 4.56. The molecule has 2 atom stereocenters. The second kappa shape index (κ2) is 7.03. The second-order valence-corrected chi connectivity index (χ2v) is 7.25. The smallest absolute Gasteiger partial charge is 0.154 e. The summed E-state index contributed by atoms with van der Waals surface area (Å²) in [6, 6.07) is 16.8. The largest absolute Gasteiger partial charge is 0.497 e. The predicted molar refractivity (Wildman–Crippen MR) is 107 cm³/mol. The van der Waals surface area contributed by atoms with E-state index in [-0.39, 0.29) is 11.8 Å². The summed E-state index contributed by atoms with van der Waals surface area (Å²) in [5, 5.41) is 7.04. The highest BCUT2D eigenvalue weighted by molar-refractivity contribution is 6.06. The average molecular weight is 360 g/mol. The number of aryl methyl sites for hydroxylation is 1. The van der Waals surface area contributed by atoms with Gasteiger partial charge in [0.2, 0.25) is 0 Å². The topological polar surface area (TPSA) is 41.9 Å². The number of ketones is 1. The van der Waals surface area contributed by atoms with Gasteiger partial charge in [0.15, 0.2) is 5.78 Å². The molecule has 138 valence electrons. The van der Waals surface area contributed by atoms with Crippen LogP contribution < -0.4 is 4.74 Å². The van der Waals surface area contributed by atoms with Gasteiger partial charge in [-0.05, 0) is 56.0 Å². The van der Waals surface area contributed by atoms with E-state index in [1.54, 1.807) is 20.1 Å². The van der Waals surface area contributed by atoms with Crippen LogP contribution in [0, 0.1) is 5.92 Å². The zero-order chi connectivity index (χ0) is 19.0. The monoisotopic (exact) mass is 360 g/mol. The highest BCUT2D eigenvalue weighted by Crippen LogP contribution is 2.45. The van der Waals surface area contributed by atoms with Crippen molar-refractivity contribution in [3.63, 3.8) is 0 Å². The number of methoxy groups -OCH3 is 1. The van der Waals surface area contributed by atoms with Gasteiger partial charge in [-0.2, -0.15) is 5.10 Å². The van der Waals surface area contributed by atoms with E-state index in [4.69, 9.17) is 9.84 Å². The van der Waals surface area contributed by atoms with Crippen LogP contribution in [0.1, 0.15) is 43.0 Å². The zero-order valence-corrected chi connectivity index (χ0v) is 16.0. The van der Waals surface area contributed by atoms with E-state index in [1.807, 2.05) is 24.1 Å². The molecule has 1 aliphatic heterocycles. The molecule has 1 aliphatic carbocycles. The lowest BCUT2D eigenvalue weighted by molar-refractivity contribution is -0.112. The minimum Gasteiger partial charge on any atom is -0.497 e. The number of carbonyl (C=O) groups excluding carboxylic acids is 1. The molecule has 0 radical (unpaired) electrons. The Hall–Kier alpha value is -2.88. The Morgan fingerprint density at radius 3 is 2.67 bits per heavy atom. The fourth-order valence-corrected chi connectivity index (χ4v) is 4.27. The van der Waals surface area contributed by atoms with Crippen molar-refractivity contribution in [3.05, 3.63) is 77.0 Å². The first-order valence-electron chi connectivity index (χ1n) is 9.37. The fourth-order valence-electron chi connectivity index (χ4n) is 4.27. The molecule has 2 unspecified atom stereocenters. The molecule has 0 spiro atoms. The number of ether oxygens (including phenoxy) is 1. The van der Waals surface area contributed by atoms with Crippen LogP contribution in [0.5, 0.6) is 5.75 Å². The number of hydrogen-bond acceptors (Lipinski definition) is 4. The number of carbonyl (C=O) groups is 1. The van der Waals surface area contributed by atoms with Crippen molar-refractivity contribution in [2.24, 2.45) is 11.0 Å². The minimum atomic E-state index is 0.0412. The molecule has 0 bridgehead atoms. The number of benzene rings is 2. The van der Waals surface area contributed by atoms with Gasteiger partial charge in [0.25, 0.3) is 0 Å². The molecule has 2 aliphatic rings. The van der Waals surface area contributed by atoms with Crippen molar-refractivity contribution in [1.82, 2.24) is 5.01 Å². The van der Waals surface area contributed by atoms with Gasteiger partial charge in [-0.1, -0.05) is 30.3 Å². The Bertz CT molecular complexity index is 931. The molecule has 2 aromatic carbocycles. The Morgan fingerprint density at radius 1 is 1.19 bits per heavy atom. The van der Waals surface area contributed by atoms with Crippen LogP contribution in [0.4, 0.5) is 0 Å². The summed E-state index contributed by atoms with van der Waals surface area (Å²) in [5.74, 6) is 1.23. The van der Waals surface area contributed by atoms with Gasteiger partial charge >= 0.3 is 0 Å². The number of fused-ring (bicyclic) bond motifs is 3. The molecule has 0 aromatic heterocycles. The summed E-state index contributed by atoms with van der Waals surface area (Å²) in [5.41, 5.74) is 5.71. The van der Waals surface area contributed by atoms with Crippen LogP contribution in [0.2, 0.25) is 0 Å². The first kappa shape index (κ1) is 17.5. The molecular weight excluding hydrogens is 336 g/mol. The maximum atomic E-state index is 11.7. The van der Waals surface area contributed by atoms with Crippen LogP contribution in [0.3, 0.4) is 0 Å². The second-order valence-electron chi connectivity index (χ2n) is 7.25. The zero-order valence-electron chi connectivity index (χ0n) is 16.0. The van der Waals surface area contributed by atoms with E-state index in [1.165, 1.54) is 16.7 Å². The number of allylic oxidation sites excluding steroid dienone is 2. The van der Waals surface area contributed by atoms with Crippen LogP contribution in [0.25, 0.3) is 0 Å². The summed E-state index contributed by atoms with van der Waals surface area (Å²) >= 11 is 0. The van der Waals surface area contributed by atoms with Crippen molar-refractivity contribution in [3.8, 4) is 5.75 Å². The quantitative estimate of drug-likeness (QED) is 0.753. The maximum absolute atomic E-state index is 11.7. The third kappa shape index (κ3) is 3.16. The molecule has 0 fully saturated rings. The van der Waals surface area contributed by atoms with Crippen molar-refractivity contribution in [2.75, 3.05) is 7.11 Å². The molecule has 0 amide bonds. The third-order valence-corrected chi connectivity index (χ3v) is 5.44. The molecular formula is C23H24N2O2. The standard InChI is InChI=1S/C23H24N2O2/c1-15(13-16(2)26)25-23(17-7-5-4-6-8-17)21-11-9-18-14-19(27-3)10-12-20(18)22(21)24-25/h4-8,10,12-14,21,23H,9,11H2,1-3H3. The lowest BCUT2D eigenvalue weighted by atomic mass is 9.77. The van der Waals surface area contributed by atoms with Crippen molar-refractivity contribution >= 4 is 11.5 Å². The molecule has 4 nitrogen and oxygen atoms in total. The summed E-state index contributed by atoms with van der Waals surface area (Å²) in [7, 11) is 1.70. The van der Waals surface area contributed by atoms with Crippen LogP contribution in [0.15, 0.2) is 65.4 Å². The molecule has 27 heavy (non-hydrogen) atoms. The molecule has 0 saturated heterocycles. The summed E-state index contributed by atoms with van der Waals surface area (Å²) in [4.78, 5) is 11.7. The molecule has 2 aromatic rings. The third-order valence-electron chi connectivity index (χ3n) is 5.44. The van der Waals surface area contributed by atoms with Gasteiger partial charge < -0.3 is 4.74 Å². The van der Waals surface area contributed by atoms with Gasteiger partial charge in [-0.3, -0.25) is 9.80 Å². The molecule has 4 rings (SSSR count). The SMILES string of the molecule is COc1ccc2c(c1)CCC1C2=NN(C(C)=CC(C)=O)C1c1ccccc1. The van der Waals surface area contributed by atoms with Crippen LogP contribution in [-0.4, -0.2) is 23.6 Å². The highest BCUT2D eigenvalue weighted by atomic mass is 16.5. The summed E-state index contributed by atoms with van der Waals surface area (Å²) in [6.07, 6.45) is 3.71. The van der Waals surface area contributed by atoms with Crippen LogP contribution in [-0.2, 0) is 11.2 Å². The lowest BCUT2D eigenvalue weighted by Crippen LogP contribution is -2.28. The molecule has 1 heterocycles. The average Bonchev–Trinajstić information content (AvgIpc) is 3.07. The van der Waals surface area contributed by atoms with Gasteiger partial charge in [0.05, 0.1) is 18.9 Å². The minimum absolute atomic E-state index is 0.0412. The molecule has 0 saturated carbocycles. The first-order valence-corrected chi connectivity index (χ1v) is 9.37. The van der Waals surface area contributed by atoms with Gasteiger partial charge in [0.1, 0.15) is 5.75 Å². The fraction of sp³-hybridized carbons (Fsp3) is 0.304. The van der Waals surface area contributed by atoms with Crippen molar-refractivity contribution in [2.45, 2.75) is 32.7 Å². The van der Waals surface area contributed by atoms with E-state index in [9.17, 15) is 4.79 Å². The summed E-state index contributed by atoms with van der Waals surface area (Å²) in [6.45, 7) is 3.55. The number of rotatable bonds is 4. The Balaban J connectivity index is 1.81. The maximum Gasteiger partial charge on any atom is 0.154 e. The van der Waals surface area contributed by atoms with Crippen molar-refractivity contribution < 1.29 is 9.53 Å². The van der Waals surface area contributed by atoms with Gasteiger partial charge in [0, 0.05) is 23.3 Å². The molecule has 0 N–H and O–H groups in total. The van der Waals surface area contributed by atoms with E-state index in [0.29, 0.717) is 5.92 Å². The normalized spacial score (nSPS) is 21.4. The Labute approximate surface area is 160 Å². The van der Waals surface area contributed by atoms with E-state index in [2.05, 4.69) is 36.4 Å². The number of hydrazone groups is 1. The molecule has 4 heteroatoms. The highest BCUT2D eigenvalue weighted by Gasteiger charge is 2.42. The van der Waals surface area contributed by atoms with E-state index in [0.717, 1.165) is 30.0 Å². The first-order chi connectivity index (χ1) is 13.1. The van der Waals surface area contributed by atoms with E-state index < -0.39 is 0 Å². The van der Waals surface area contributed by atoms with E-state index >= 15 is 0 Å². The number of nitrogens with zero attached hydrogens (tertiary/aromatic N) is 2. The van der Waals surface area contributed by atoms with Crippen molar-refractivity contribution in [1.29, 1.82) is 0 Å². The van der Waals surface area contributed by atoms with Gasteiger partial charge in [-0.15, -0.1) is 0 Å². The Morgan fingerprint density at radius 2 is 1.96 bits per heavy atom. The van der Waals surface area contributed by atoms with Crippen LogP contribution >= 0.6 is 0 Å².